The Kier molecular flexibility index (Phi) is 7.57. The maximum absolute atomic E-state index is 13.1. The third kappa shape index (κ3) is 7.37. The third-order valence-electron chi connectivity index (χ3n) is 3.16. The van der Waals surface area contributed by atoms with Gasteiger partial charge in [0.2, 0.25) is 5.91 Å². The summed E-state index contributed by atoms with van der Waals surface area (Å²) in [6.45, 7) is 6.41. The number of benzene rings is 1. The van der Waals surface area contributed by atoms with E-state index in [2.05, 4.69) is 19.2 Å². The van der Waals surface area contributed by atoms with Crippen molar-refractivity contribution in [1.82, 2.24) is 5.32 Å². The molecule has 3 nitrogen and oxygen atoms in total. The average molecular weight is 312 g/mol. The van der Waals surface area contributed by atoms with Gasteiger partial charge in [0.05, 0.1) is 5.75 Å². The molecule has 0 spiro atoms. The van der Waals surface area contributed by atoms with Gasteiger partial charge in [-0.15, -0.1) is 11.8 Å². The first-order chi connectivity index (χ1) is 9.88. The number of nitrogens with one attached hydrogen (secondary N) is 1. The standard InChI is InChI=1S/C16H25FN2OS/c1-11(2)5-4-6-12(3)19-16(20)10-21-15-9-13(17)7-8-14(15)18/h7-9,11-12H,4-6,10,18H2,1-3H3,(H,19,20). The molecule has 0 aromatic heterocycles. The Labute approximate surface area is 130 Å². The molecule has 0 heterocycles. The lowest BCUT2D eigenvalue weighted by Crippen LogP contribution is -2.33. The fraction of sp³-hybridized carbons (Fsp3) is 0.562. The molecule has 1 amide bonds. The van der Waals surface area contributed by atoms with Gasteiger partial charge in [-0.25, -0.2) is 4.39 Å². The summed E-state index contributed by atoms with van der Waals surface area (Å²) < 4.78 is 13.1. The number of hydrogen-bond donors (Lipinski definition) is 2. The number of rotatable bonds is 8. The number of thioether (sulfide) groups is 1. The predicted molar refractivity (Wildman–Crippen MR) is 87.8 cm³/mol. The van der Waals surface area contributed by atoms with E-state index in [0.717, 1.165) is 12.8 Å². The molecule has 0 saturated carbocycles. The van der Waals surface area contributed by atoms with E-state index < -0.39 is 0 Å². The Morgan fingerprint density at radius 3 is 2.71 bits per heavy atom. The number of carbonyl (C=O) groups is 1. The molecular formula is C16H25FN2OS. The number of nitrogens with two attached hydrogens (primary N) is 1. The summed E-state index contributed by atoms with van der Waals surface area (Å²) in [5.41, 5.74) is 6.25. The molecule has 0 fully saturated rings. The normalized spacial score (nSPS) is 12.4. The van der Waals surface area contributed by atoms with E-state index in [-0.39, 0.29) is 23.5 Å². The van der Waals surface area contributed by atoms with Crippen LogP contribution in [0.3, 0.4) is 0 Å². The van der Waals surface area contributed by atoms with Crippen LogP contribution >= 0.6 is 11.8 Å². The van der Waals surface area contributed by atoms with E-state index in [4.69, 9.17) is 5.73 Å². The van der Waals surface area contributed by atoms with Crippen molar-refractivity contribution in [2.75, 3.05) is 11.5 Å². The summed E-state index contributed by atoms with van der Waals surface area (Å²) in [4.78, 5) is 12.5. The van der Waals surface area contributed by atoms with Crippen LogP contribution in [0.15, 0.2) is 23.1 Å². The molecule has 1 aromatic rings. The SMILES string of the molecule is CC(C)CCCC(C)NC(=O)CSc1cc(F)ccc1N. The van der Waals surface area contributed by atoms with Gasteiger partial charge in [-0.1, -0.05) is 26.7 Å². The second kappa shape index (κ2) is 8.93. The Morgan fingerprint density at radius 1 is 1.33 bits per heavy atom. The number of hydrogen-bond acceptors (Lipinski definition) is 3. The van der Waals surface area contributed by atoms with Crippen LogP contribution < -0.4 is 11.1 Å². The van der Waals surface area contributed by atoms with Crippen molar-refractivity contribution in [1.29, 1.82) is 0 Å². The van der Waals surface area contributed by atoms with E-state index in [1.165, 1.54) is 36.4 Å². The van der Waals surface area contributed by atoms with Crippen molar-refractivity contribution in [3.8, 4) is 0 Å². The Morgan fingerprint density at radius 2 is 2.05 bits per heavy atom. The lowest BCUT2D eigenvalue weighted by atomic mass is 10.0. The number of nitrogen functional groups attached to an aromatic ring is 1. The summed E-state index contributed by atoms with van der Waals surface area (Å²) in [7, 11) is 0. The van der Waals surface area contributed by atoms with Gasteiger partial charge in [-0.05, 0) is 37.5 Å². The molecule has 1 unspecified atom stereocenters. The van der Waals surface area contributed by atoms with Crippen molar-refractivity contribution < 1.29 is 9.18 Å². The highest BCUT2D eigenvalue weighted by Crippen LogP contribution is 2.25. The minimum absolute atomic E-state index is 0.0410. The number of carbonyl (C=O) groups excluding carboxylic acids is 1. The summed E-state index contributed by atoms with van der Waals surface area (Å²) in [5, 5.41) is 2.96. The van der Waals surface area contributed by atoms with E-state index in [9.17, 15) is 9.18 Å². The topological polar surface area (TPSA) is 55.1 Å². The predicted octanol–water partition coefficient (Wildman–Crippen LogP) is 3.83. The van der Waals surface area contributed by atoms with E-state index in [0.29, 0.717) is 16.5 Å². The van der Waals surface area contributed by atoms with Crippen molar-refractivity contribution >= 4 is 23.4 Å². The minimum Gasteiger partial charge on any atom is -0.398 e. The quantitative estimate of drug-likeness (QED) is 0.566. The fourth-order valence-corrected chi connectivity index (χ4v) is 2.80. The molecule has 0 saturated heterocycles. The first kappa shape index (κ1) is 17.8. The summed E-state index contributed by atoms with van der Waals surface area (Å²) >= 11 is 1.26. The monoisotopic (exact) mass is 312 g/mol. The van der Waals surface area contributed by atoms with Gasteiger partial charge in [0.1, 0.15) is 5.82 Å². The number of anilines is 1. The van der Waals surface area contributed by atoms with E-state index >= 15 is 0 Å². The van der Waals surface area contributed by atoms with Crippen molar-refractivity contribution in [2.24, 2.45) is 5.92 Å². The zero-order valence-corrected chi connectivity index (χ0v) is 13.8. The second-order valence-corrected chi connectivity index (χ2v) is 6.78. The smallest absolute Gasteiger partial charge is 0.230 e. The van der Waals surface area contributed by atoms with Crippen LogP contribution in [-0.4, -0.2) is 17.7 Å². The highest BCUT2D eigenvalue weighted by molar-refractivity contribution is 8.00. The molecule has 1 aromatic carbocycles. The highest BCUT2D eigenvalue weighted by Gasteiger charge is 2.10. The average Bonchev–Trinajstić information content (AvgIpc) is 2.39. The first-order valence-electron chi connectivity index (χ1n) is 7.35. The van der Waals surface area contributed by atoms with Gasteiger partial charge in [0.15, 0.2) is 0 Å². The van der Waals surface area contributed by atoms with Crippen LogP contribution in [0.1, 0.15) is 40.0 Å². The van der Waals surface area contributed by atoms with Crippen LogP contribution in [0.2, 0.25) is 0 Å². The van der Waals surface area contributed by atoms with E-state index in [1.807, 2.05) is 6.92 Å². The lowest BCUT2D eigenvalue weighted by molar-refractivity contribution is -0.119. The maximum atomic E-state index is 13.1. The molecule has 0 aliphatic heterocycles. The zero-order valence-electron chi connectivity index (χ0n) is 13.0. The summed E-state index contributed by atoms with van der Waals surface area (Å²) in [6.07, 6.45) is 3.27. The Bertz CT molecular complexity index is 466. The van der Waals surface area contributed by atoms with Crippen LogP contribution in [0.25, 0.3) is 0 Å². The molecule has 5 heteroatoms. The molecule has 1 atom stereocenters. The first-order valence-corrected chi connectivity index (χ1v) is 8.34. The summed E-state index contributed by atoms with van der Waals surface area (Å²) in [6, 6.07) is 4.36. The van der Waals surface area contributed by atoms with Crippen molar-refractivity contribution in [3.63, 3.8) is 0 Å². The van der Waals surface area contributed by atoms with Crippen molar-refractivity contribution in [3.05, 3.63) is 24.0 Å². The van der Waals surface area contributed by atoms with Crippen LogP contribution in [0.4, 0.5) is 10.1 Å². The van der Waals surface area contributed by atoms with Gasteiger partial charge < -0.3 is 11.1 Å². The van der Waals surface area contributed by atoms with Gasteiger partial charge in [0, 0.05) is 16.6 Å². The Hall–Kier alpha value is -1.23. The van der Waals surface area contributed by atoms with Gasteiger partial charge in [-0.2, -0.15) is 0 Å². The van der Waals surface area contributed by atoms with Crippen LogP contribution in [0.5, 0.6) is 0 Å². The van der Waals surface area contributed by atoms with E-state index in [1.54, 1.807) is 0 Å². The van der Waals surface area contributed by atoms with Crippen LogP contribution in [-0.2, 0) is 4.79 Å². The van der Waals surface area contributed by atoms with Gasteiger partial charge in [0.25, 0.3) is 0 Å². The number of halogens is 1. The molecule has 3 N–H and O–H groups in total. The van der Waals surface area contributed by atoms with Crippen LogP contribution in [0, 0.1) is 11.7 Å². The molecule has 0 radical (unpaired) electrons. The van der Waals surface area contributed by atoms with Gasteiger partial charge >= 0.3 is 0 Å². The maximum Gasteiger partial charge on any atom is 0.230 e. The fourth-order valence-electron chi connectivity index (χ4n) is 2.00. The molecule has 0 aliphatic carbocycles. The molecule has 1 rings (SSSR count). The Balaban J connectivity index is 2.32. The minimum atomic E-state index is -0.339. The van der Waals surface area contributed by atoms with Gasteiger partial charge in [-0.3, -0.25) is 4.79 Å². The highest BCUT2D eigenvalue weighted by atomic mass is 32.2. The largest absolute Gasteiger partial charge is 0.398 e. The zero-order chi connectivity index (χ0) is 15.8. The second-order valence-electron chi connectivity index (χ2n) is 5.76. The third-order valence-corrected chi connectivity index (χ3v) is 4.23. The van der Waals surface area contributed by atoms with Crippen molar-refractivity contribution in [2.45, 2.75) is 51.0 Å². The lowest BCUT2D eigenvalue weighted by Gasteiger charge is -2.14. The number of amides is 1. The molecule has 118 valence electrons. The molecule has 0 bridgehead atoms. The summed E-state index contributed by atoms with van der Waals surface area (Å²) in [5.74, 6) is 0.566. The molecule has 0 aliphatic rings. The molecule has 21 heavy (non-hydrogen) atoms. The molecular weight excluding hydrogens is 287 g/mol.